The molecule has 2 atom stereocenters. The summed E-state index contributed by atoms with van der Waals surface area (Å²) in [6.07, 6.45) is -1.49. The highest BCUT2D eigenvalue weighted by Gasteiger charge is 2.45. The molecule has 0 aliphatic carbocycles. The predicted molar refractivity (Wildman–Crippen MR) is 68.3 cm³/mol. The van der Waals surface area contributed by atoms with Crippen LogP contribution in [0.5, 0.6) is 0 Å². The van der Waals surface area contributed by atoms with Gasteiger partial charge in [0.25, 0.3) is 0 Å². The number of alkyl halides is 2. The summed E-state index contributed by atoms with van der Waals surface area (Å²) in [4.78, 5) is 0. The Kier molecular flexibility index (Phi) is 4.57. The van der Waals surface area contributed by atoms with Crippen LogP contribution in [0, 0.1) is 5.82 Å². The second-order valence-corrected chi connectivity index (χ2v) is 8.92. The summed E-state index contributed by atoms with van der Waals surface area (Å²) >= 11 is 8.66. The number of halogens is 3. The molecule has 17 heavy (non-hydrogen) atoms. The molecule has 1 aromatic rings. The van der Waals surface area contributed by atoms with E-state index in [9.17, 15) is 17.9 Å². The van der Waals surface area contributed by atoms with E-state index < -0.39 is 24.9 Å². The third-order valence-corrected chi connectivity index (χ3v) is 6.94. The fraction of sp³-hybridized carbons (Fsp3) is 0.400. The molecule has 0 spiro atoms. The first-order valence-corrected chi connectivity index (χ1v) is 7.58. The lowest BCUT2D eigenvalue weighted by atomic mass is 10.1. The lowest BCUT2D eigenvalue weighted by Crippen LogP contribution is -2.34. The minimum atomic E-state index is -3.72. The molecule has 1 N–H and O–H groups in total. The zero-order chi connectivity index (χ0) is 13.3. The Morgan fingerprint density at radius 1 is 1.47 bits per heavy atom. The van der Waals surface area contributed by atoms with Crippen molar-refractivity contribution in [3.63, 3.8) is 0 Å². The molecule has 0 unspecified atom stereocenters. The van der Waals surface area contributed by atoms with E-state index in [0.29, 0.717) is 0 Å². The number of aliphatic hydroxyl groups excluding tert-OH is 1. The van der Waals surface area contributed by atoms with Gasteiger partial charge in [0.05, 0.1) is 5.75 Å². The summed E-state index contributed by atoms with van der Waals surface area (Å²) in [6.45, 7) is 1.42. The molecule has 0 bridgehead atoms. The monoisotopic (exact) mass is 344 g/mol. The van der Waals surface area contributed by atoms with Gasteiger partial charge >= 0.3 is 0 Å². The minimum Gasteiger partial charge on any atom is -0.385 e. The Labute approximate surface area is 113 Å². The van der Waals surface area contributed by atoms with Gasteiger partial charge in [-0.2, -0.15) is 0 Å². The third kappa shape index (κ3) is 2.99. The van der Waals surface area contributed by atoms with E-state index in [2.05, 4.69) is 15.9 Å². The number of aliphatic hydroxyl groups is 1. The average molecular weight is 346 g/mol. The Bertz CT molecular complexity index is 487. The van der Waals surface area contributed by atoms with E-state index in [1.165, 1.54) is 19.1 Å². The van der Waals surface area contributed by atoms with Gasteiger partial charge < -0.3 is 5.11 Å². The molecule has 0 saturated carbocycles. The molecule has 0 saturated heterocycles. The molecule has 0 aromatic heterocycles. The second-order valence-electron chi connectivity index (χ2n) is 3.42. The quantitative estimate of drug-likeness (QED) is 0.853. The van der Waals surface area contributed by atoms with E-state index in [1.807, 2.05) is 0 Å². The zero-order valence-electron chi connectivity index (χ0n) is 8.90. The van der Waals surface area contributed by atoms with Crippen molar-refractivity contribution < 1.29 is 17.9 Å². The molecule has 0 aliphatic heterocycles. The van der Waals surface area contributed by atoms with Gasteiger partial charge in [0.2, 0.25) is 3.12 Å². The maximum atomic E-state index is 12.7. The van der Waals surface area contributed by atoms with Gasteiger partial charge in [0.1, 0.15) is 11.9 Å². The molecule has 0 fully saturated rings. The van der Waals surface area contributed by atoms with Crippen molar-refractivity contribution in [3.8, 4) is 0 Å². The molecule has 1 rings (SSSR count). The maximum Gasteiger partial charge on any atom is 0.229 e. The summed E-state index contributed by atoms with van der Waals surface area (Å²) in [6, 6.07) is 4.81. The van der Waals surface area contributed by atoms with Crippen LogP contribution in [0.2, 0.25) is 0 Å². The van der Waals surface area contributed by atoms with Crippen LogP contribution in [0.15, 0.2) is 24.3 Å². The Morgan fingerprint density at radius 3 is 2.35 bits per heavy atom. The van der Waals surface area contributed by atoms with Crippen molar-refractivity contribution in [2.24, 2.45) is 0 Å². The van der Waals surface area contributed by atoms with E-state index >= 15 is 0 Å². The van der Waals surface area contributed by atoms with Crippen LogP contribution in [0.1, 0.15) is 18.6 Å². The summed E-state index contributed by atoms with van der Waals surface area (Å²) in [5.74, 6) is -0.700. The van der Waals surface area contributed by atoms with Gasteiger partial charge in [0.15, 0.2) is 9.84 Å². The Balaban J connectivity index is 3.12. The summed E-state index contributed by atoms with van der Waals surface area (Å²) < 4.78 is 34.1. The predicted octanol–water partition coefficient (Wildman–Crippen LogP) is 2.58. The van der Waals surface area contributed by atoms with Crippen molar-refractivity contribution in [2.45, 2.75) is 16.1 Å². The summed E-state index contributed by atoms with van der Waals surface area (Å²) in [5, 5.41) is 9.93. The maximum absolute atomic E-state index is 12.7. The first-order chi connectivity index (χ1) is 7.72. The van der Waals surface area contributed by atoms with Crippen LogP contribution in [-0.4, -0.2) is 22.4 Å². The van der Waals surface area contributed by atoms with Gasteiger partial charge in [0, 0.05) is 0 Å². The van der Waals surface area contributed by atoms with E-state index in [0.717, 1.165) is 12.1 Å². The van der Waals surface area contributed by atoms with Crippen LogP contribution in [0.3, 0.4) is 0 Å². The number of benzene rings is 1. The van der Waals surface area contributed by atoms with Gasteiger partial charge in [-0.15, -0.1) is 0 Å². The van der Waals surface area contributed by atoms with Crippen molar-refractivity contribution in [2.75, 3.05) is 5.75 Å². The zero-order valence-corrected chi connectivity index (χ0v) is 12.1. The molecule has 0 amide bonds. The van der Waals surface area contributed by atoms with E-state index in [4.69, 9.17) is 11.6 Å². The van der Waals surface area contributed by atoms with Crippen LogP contribution >= 0.6 is 27.5 Å². The fourth-order valence-corrected chi connectivity index (χ4v) is 3.47. The first kappa shape index (κ1) is 14.9. The molecule has 1 aromatic carbocycles. The van der Waals surface area contributed by atoms with E-state index in [-0.39, 0.29) is 11.3 Å². The van der Waals surface area contributed by atoms with Crippen molar-refractivity contribution in [1.29, 1.82) is 0 Å². The van der Waals surface area contributed by atoms with Crippen LogP contribution in [0.25, 0.3) is 0 Å². The number of sulfone groups is 1. The fourth-order valence-electron chi connectivity index (χ4n) is 1.20. The molecule has 0 radical (unpaired) electrons. The molecular formula is C10H11BrClFO3S. The number of hydrogen-bond acceptors (Lipinski definition) is 3. The van der Waals surface area contributed by atoms with Crippen molar-refractivity contribution in [3.05, 3.63) is 35.6 Å². The largest absolute Gasteiger partial charge is 0.385 e. The Hall–Kier alpha value is -0.170. The lowest BCUT2D eigenvalue weighted by molar-refractivity contribution is 0.185. The lowest BCUT2D eigenvalue weighted by Gasteiger charge is -2.25. The highest BCUT2D eigenvalue weighted by molar-refractivity contribution is 9.12. The molecule has 96 valence electrons. The second kappa shape index (κ2) is 5.22. The highest BCUT2D eigenvalue weighted by Crippen LogP contribution is 2.42. The van der Waals surface area contributed by atoms with Gasteiger partial charge in [-0.1, -0.05) is 30.7 Å². The first-order valence-electron chi connectivity index (χ1n) is 4.76. The minimum absolute atomic E-state index is 0.218. The molecule has 3 nitrogen and oxygen atoms in total. The topological polar surface area (TPSA) is 54.4 Å². The van der Waals surface area contributed by atoms with Crippen LogP contribution in [0.4, 0.5) is 4.39 Å². The smallest absolute Gasteiger partial charge is 0.229 e. The molecule has 0 aliphatic rings. The van der Waals surface area contributed by atoms with Crippen molar-refractivity contribution >= 4 is 37.4 Å². The van der Waals surface area contributed by atoms with Crippen LogP contribution < -0.4 is 0 Å². The highest BCUT2D eigenvalue weighted by atomic mass is 79.9. The Morgan fingerprint density at radius 2 is 1.94 bits per heavy atom. The molecule has 7 heteroatoms. The number of rotatable bonds is 4. The molecule has 0 heterocycles. The average Bonchev–Trinajstić information content (AvgIpc) is 2.28. The summed E-state index contributed by atoms with van der Waals surface area (Å²) in [5.41, 5.74) is 0.218. The van der Waals surface area contributed by atoms with E-state index in [1.54, 1.807) is 0 Å². The SMILES string of the molecule is CCS(=O)(=O)[C@@](Cl)(Br)[C@@H](O)c1ccc(F)cc1. The number of hydrogen-bond donors (Lipinski definition) is 1. The standard InChI is InChI=1S/C10H11BrClFO3S/c1-2-17(15,16)10(11,12)9(14)7-3-5-8(13)6-4-7/h3-6,9,14H,2H2,1H3/t9-,10+/m0/s1. The van der Waals surface area contributed by atoms with Crippen LogP contribution in [-0.2, 0) is 9.84 Å². The molecular weight excluding hydrogens is 335 g/mol. The van der Waals surface area contributed by atoms with Crippen molar-refractivity contribution in [1.82, 2.24) is 0 Å². The third-order valence-electron chi connectivity index (χ3n) is 2.30. The van der Waals surface area contributed by atoms with Gasteiger partial charge in [-0.05, 0) is 33.6 Å². The summed E-state index contributed by atoms with van der Waals surface area (Å²) in [7, 11) is -3.72. The van der Waals surface area contributed by atoms with Gasteiger partial charge in [-0.3, -0.25) is 0 Å². The normalized spacial score (nSPS) is 17.5. The van der Waals surface area contributed by atoms with Gasteiger partial charge in [-0.25, -0.2) is 12.8 Å².